The number of sulfone groups is 1. The summed E-state index contributed by atoms with van der Waals surface area (Å²) >= 11 is 0. The molecule has 1 aliphatic heterocycles. The molecule has 1 aromatic heterocycles. The van der Waals surface area contributed by atoms with Crippen LogP contribution in [0.1, 0.15) is 21.5 Å². The summed E-state index contributed by atoms with van der Waals surface area (Å²) in [6.45, 7) is 1.94. The molecule has 1 aliphatic rings. The van der Waals surface area contributed by atoms with Crippen LogP contribution in [0, 0.1) is 6.92 Å². The summed E-state index contributed by atoms with van der Waals surface area (Å²) in [5, 5.41) is 0.285. The Hall–Kier alpha value is -3.91. The molecular weight excluding hydrogens is 442 g/mol. The number of benzene rings is 3. The zero-order valence-electron chi connectivity index (χ0n) is 17.9. The zero-order valence-corrected chi connectivity index (χ0v) is 18.7. The Morgan fingerprint density at radius 3 is 2.30 bits per heavy atom. The number of aromatic nitrogens is 1. The van der Waals surface area contributed by atoms with Gasteiger partial charge in [0.1, 0.15) is 5.75 Å². The number of methoxy groups -OCH3 is 1. The van der Waals surface area contributed by atoms with Crippen molar-refractivity contribution < 1.29 is 27.4 Å². The van der Waals surface area contributed by atoms with Crippen LogP contribution in [-0.4, -0.2) is 33.1 Å². The summed E-state index contributed by atoms with van der Waals surface area (Å²) in [6.07, 6.45) is 1.31. The van der Waals surface area contributed by atoms with Crippen LogP contribution in [0.2, 0.25) is 0 Å². The van der Waals surface area contributed by atoms with Gasteiger partial charge in [-0.1, -0.05) is 29.8 Å². The molecule has 8 heteroatoms. The number of nitrogens with zero attached hydrogens (tertiary/aromatic N) is 1. The van der Waals surface area contributed by atoms with Crippen LogP contribution in [0.4, 0.5) is 0 Å². The van der Waals surface area contributed by atoms with Crippen LogP contribution in [0.15, 0.2) is 76.7 Å². The molecule has 0 atom stereocenters. The molecule has 0 radical (unpaired) electrons. The van der Waals surface area contributed by atoms with Gasteiger partial charge in [-0.3, -0.25) is 9.78 Å². The maximum absolute atomic E-state index is 13.9. The largest absolute Gasteiger partial charge is 0.497 e. The van der Waals surface area contributed by atoms with Crippen molar-refractivity contribution in [2.75, 3.05) is 13.9 Å². The van der Waals surface area contributed by atoms with E-state index in [1.165, 1.54) is 25.4 Å². The van der Waals surface area contributed by atoms with E-state index in [9.17, 15) is 13.2 Å². The van der Waals surface area contributed by atoms with E-state index >= 15 is 0 Å². The van der Waals surface area contributed by atoms with Gasteiger partial charge in [0.2, 0.25) is 16.6 Å². The van der Waals surface area contributed by atoms with Crippen LogP contribution in [0.25, 0.3) is 10.9 Å². The average molecular weight is 461 g/mol. The highest BCUT2D eigenvalue weighted by molar-refractivity contribution is 7.91. The lowest BCUT2D eigenvalue weighted by Crippen LogP contribution is -2.12. The number of hydrogen-bond acceptors (Lipinski definition) is 7. The van der Waals surface area contributed by atoms with Crippen molar-refractivity contribution in [2.45, 2.75) is 16.7 Å². The lowest BCUT2D eigenvalue weighted by atomic mass is 10.0. The Bertz CT molecular complexity index is 1490. The minimum atomic E-state index is -4.11. The first-order valence-corrected chi connectivity index (χ1v) is 11.6. The topological polar surface area (TPSA) is 91.8 Å². The van der Waals surface area contributed by atoms with E-state index in [1.54, 1.807) is 48.5 Å². The number of pyridine rings is 1. The molecule has 0 amide bonds. The van der Waals surface area contributed by atoms with Crippen LogP contribution in [0.5, 0.6) is 17.2 Å². The lowest BCUT2D eigenvalue weighted by Gasteiger charge is -2.14. The van der Waals surface area contributed by atoms with Crippen molar-refractivity contribution in [1.82, 2.24) is 4.98 Å². The van der Waals surface area contributed by atoms with Crippen molar-refractivity contribution >= 4 is 26.5 Å². The number of ketones is 1. The summed E-state index contributed by atoms with van der Waals surface area (Å²) in [6, 6.07) is 16.2. The fraction of sp³-hybridized carbons (Fsp3) is 0.120. The first kappa shape index (κ1) is 21.0. The zero-order chi connectivity index (χ0) is 23.2. The molecule has 0 N–H and O–H groups in total. The van der Waals surface area contributed by atoms with E-state index in [-0.39, 0.29) is 27.5 Å². The second-order valence-corrected chi connectivity index (χ2v) is 9.48. The minimum Gasteiger partial charge on any atom is -0.497 e. The van der Waals surface area contributed by atoms with E-state index in [0.717, 1.165) is 5.56 Å². The van der Waals surface area contributed by atoms with E-state index in [2.05, 4.69) is 4.98 Å². The molecular formula is C25H19NO6S. The van der Waals surface area contributed by atoms with E-state index in [4.69, 9.17) is 14.2 Å². The summed E-state index contributed by atoms with van der Waals surface area (Å²) in [5.41, 5.74) is 1.73. The maximum atomic E-state index is 13.9. The predicted octanol–water partition coefficient (Wildman–Crippen LogP) is 4.34. The van der Waals surface area contributed by atoms with Crippen molar-refractivity contribution in [1.29, 1.82) is 0 Å². The first-order chi connectivity index (χ1) is 15.9. The molecule has 0 fully saturated rings. The van der Waals surface area contributed by atoms with Gasteiger partial charge in [-0.15, -0.1) is 0 Å². The number of hydrogen-bond donors (Lipinski definition) is 0. The van der Waals surface area contributed by atoms with Gasteiger partial charge in [0.05, 0.1) is 28.0 Å². The Morgan fingerprint density at radius 2 is 1.64 bits per heavy atom. The van der Waals surface area contributed by atoms with Crippen LogP contribution < -0.4 is 14.2 Å². The molecule has 0 saturated carbocycles. The highest BCUT2D eigenvalue weighted by Gasteiger charge is 2.30. The molecule has 33 heavy (non-hydrogen) atoms. The fourth-order valence-electron chi connectivity index (χ4n) is 3.74. The minimum absolute atomic E-state index is 0.0129. The Kier molecular flexibility index (Phi) is 5.02. The van der Waals surface area contributed by atoms with Crippen molar-refractivity contribution in [3.05, 3.63) is 83.6 Å². The third kappa shape index (κ3) is 3.58. The quantitative estimate of drug-likeness (QED) is 0.408. The van der Waals surface area contributed by atoms with Crippen LogP contribution in [0.3, 0.4) is 0 Å². The number of fused-ring (bicyclic) bond motifs is 2. The number of aryl methyl sites for hydroxylation is 1. The molecule has 0 unspecified atom stereocenters. The van der Waals surface area contributed by atoms with Crippen molar-refractivity contribution in [3.8, 4) is 17.2 Å². The molecule has 7 nitrogen and oxygen atoms in total. The average Bonchev–Trinajstić information content (AvgIpc) is 3.29. The third-order valence-corrected chi connectivity index (χ3v) is 7.38. The molecule has 0 spiro atoms. The number of carbonyl (C=O) groups excluding carboxylic acids is 1. The SMILES string of the molecule is COc1ccc(S(=O)(=O)c2c(C(=O)c3ccc(C)cc3)cnc3cc4c(cc23)OCO4)cc1. The van der Waals surface area contributed by atoms with Gasteiger partial charge >= 0.3 is 0 Å². The normalized spacial score (nSPS) is 12.7. The summed E-state index contributed by atoms with van der Waals surface area (Å²) < 4.78 is 43.7. The van der Waals surface area contributed by atoms with Gasteiger partial charge in [-0.2, -0.15) is 0 Å². The molecule has 3 aromatic carbocycles. The third-order valence-electron chi connectivity index (χ3n) is 5.51. The Balaban J connectivity index is 1.78. The molecule has 4 aromatic rings. The number of rotatable bonds is 5. The molecule has 166 valence electrons. The Labute approximate surface area is 190 Å². The van der Waals surface area contributed by atoms with Crippen LogP contribution in [-0.2, 0) is 9.84 Å². The van der Waals surface area contributed by atoms with Gasteiger partial charge in [0.15, 0.2) is 17.3 Å². The van der Waals surface area contributed by atoms with E-state index < -0.39 is 15.6 Å². The fourth-order valence-corrected chi connectivity index (χ4v) is 5.36. The molecule has 2 heterocycles. The van der Waals surface area contributed by atoms with Crippen molar-refractivity contribution in [3.63, 3.8) is 0 Å². The van der Waals surface area contributed by atoms with Gasteiger partial charge in [-0.05, 0) is 37.3 Å². The highest BCUT2D eigenvalue weighted by Crippen LogP contribution is 2.40. The smallest absolute Gasteiger partial charge is 0.231 e. The van der Waals surface area contributed by atoms with E-state index in [0.29, 0.717) is 28.3 Å². The van der Waals surface area contributed by atoms with E-state index in [1.807, 2.05) is 6.92 Å². The number of carbonyl (C=O) groups is 1. The monoisotopic (exact) mass is 461 g/mol. The molecule has 5 rings (SSSR count). The molecule has 0 aliphatic carbocycles. The second kappa shape index (κ2) is 7.90. The first-order valence-electron chi connectivity index (χ1n) is 10.1. The van der Waals surface area contributed by atoms with Gasteiger partial charge in [0.25, 0.3) is 0 Å². The standard InChI is InChI=1S/C25H19NO6S/c1-15-3-5-16(6-4-15)24(27)20-13-26-21-12-23-22(31-14-32-23)11-19(21)25(20)33(28,29)18-9-7-17(30-2)8-10-18/h3-13H,14H2,1-2H3. The predicted molar refractivity (Wildman–Crippen MR) is 121 cm³/mol. The summed E-state index contributed by atoms with van der Waals surface area (Å²) in [4.78, 5) is 17.7. The summed E-state index contributed by atoms with van der Waals surface area (Å²) in [5.74, 6) is 0.956. The Morgan fingerprint density at radius 1 is 0.970 bits per heavy atom. The second-order valence-electron chi connectivity index (χ2n) is 7.60. The van der Waals surface area contributed by atoms with Gasteiger partial charge < -0.3 is 14.2 Å². The van der Waals surface area contributed by atoms with Crippen molar-refractivity contribution in [2.24, 2.45) is 0 Å². The number of ether oxygens (including phenoxy) is 3. The lowest BCUT2D eigenvalue weighted by molar-refractivity contribution is 0.103. The molecule has 0 saturated heterocycles. The highest BCUT2D eigenvalue weighted by atomic mass is 32.2. The molecule has 0 bridgehead atoms. The van der Waals surface area contributed by atoms with Gasteiger partial charge in [0, 0.05) is 23.2 Å². The van der Waals surface area contributed by atoms with Gasteiger partial charge in [-0.25, -0.2) is 8.42 Å². The maximum Gasteiger partial charge on any atom is 0.231 e. The van der Waals surface area contributed by atoms with Crippen LogP contribution >= 0.6 is 0 Å². The summed E-state index contributed by atoms with van der Waals surface area (Å²) in [7, 11) is -2.61.